The first-order valence-corrected chi connectivity index (χ1v) is 8.69. The molecule has 2 aromatic rings. The number of ether oxygens (including phenoxy) is 2. The van der Waals surface area contributed by atoms with Crippen LogP contribution in [0.25, 0.3) is 0 Å². The first kappa shape index (κ1) is 22.6. The smallest absolute Gasteiger partial charge is 0.423 e. The van der Waals surface area contributed by atoms with Crippen molar-refractivity contribution in [2.45, 2.75) is 32.6 Å². The molecule has 160 valence electrons. The highest BCUT2D eigenvalue weighted by atomic mass is 19.4. The van der Waals surface area contributed by atoms with Crippen LogP contribution in [0.3, 0.4) is 0 Å². The molecule has 11 heteroatoms. The van der Waals surface area contributed by atoms with Gasteiger partial charge in [0, 0.05) is 24.5 Å². The highest BCUT2D eigenvalue weighted by molar-refractivity contribution is 5.59. The molecule has 1 heterocycles. The van der Waals surface area contributed by atoms with Crippen LogP contribution in [0, 0.1) is 0 Å². The minimum atomic E-state index is -4.97. The van der Waals surface area contributed by atoms with Crippen molar-refractivity contribution in [1.82, 2.24) is 9.97 Å². The zero-order valence-corrected chi connectivity index (χ0v) is 15.6. The molecular weight excluding hydrogens is 404 g/mol. The number of rotatable bonds is 8. The lowest BCUT2D eigenvalue weighted by Crippen LogP contribution is -2.24. The van der Waals surface area contributed by atoms with Gasteiger partial charge in [0.2, 0.25) is 11.8 Å². The number of anilines is 2. The third-order valence-corrected chi connectivity index (χ3v) is 3.58. The van der Waals surface area contributed by atoms with Crippen molar-refractivity contribution in [1.29, 1.82) is 0 Å². The van der Waals surface area contributed by atoms with Gasteiger partial charge in [-0.25, -0.2) is 4.98 Å². The van der Waals surface area contributed by atoms with Crippen LogP contribution in [-0.4, -0.2) is 35.9 Å². The van der Waals surface area contributed by atoms with Crippen LogP contribution in [-0.2, 0) is 6.18 Å². The normalized spacial score (nSPS) is 12.0. The molecular formula is C18H19F6N3O2. The average Bonchev–Trinajstić information content (AvgIpc) is 2.64. The fourth-order valence-electron chi connectivity index (χ4n) is 2.34. The van der Waals surface area contributed by atoms with E-state index in [9.17, 15) is 26.3 Å². The number of hydrogen-bond acceptors (Lipinski definition) is 5. The van der Waals surface area contributed by atoms with Crippen molar-refractivity contribution >= 4 is 11.6 Å². The Balaban J connectivity index is 2.41. The Bertz CT molecular complexity index is 811. The van der Waals surface area contributed by atoms with Gasteiger partial charge in [-0.15, -0.1) is 0 Å². The second kappa shape index (κ2) is 9.19. The van der Waals surface area contributed by atoms with E-state index in [1.54, 1.807) is 31.2 Å². The van der Waals surface area contributed by atoms with E-state index in [4.69, 9.17) is 4.74 Å². The largest absolute Gasteiger partial charge is 0.494 e. The molecule has 0 aliphatic carbocycles. The summed E-state index contributed by atoms with van der Waals surface area (Å²) < 4.78 is 86.5. The molecule has 1 aromatic carbocycles. The highest BCUT2D eigenvalue weighted by Gasteiger charge is 2.38. The second-order valence-electron chi connectivity index (χ2n) is 5.88. The molecule has 0 aliphatic heterocycles. The third-order valence-electron chi connectivity index (χ3n) is 3.58. The Labute approximate surface area is 163 Å². The van der Waals surface area contributed by atoms with Crippen molar-refractivity contribution in [3.05, 3.63) is 36.0 Å². The Morgan fingerprint density at radius 1 is 1.03 bits per heavy atom. The van der Waals surface area contributed by atoms with Crippen LogP contribution >= 0.6 is 0 Å². The van der Waals surface area contributed by atoms with Gasteiger partial charge in [0.05, 0.1) is 6.61 Å². The van der Waals surface area contributed by atoms with Crippen molar-refractivity contribution in [2.75, 3.05) is 24.7 Å². The van der Waals surface area contributed by atoms with Gasteiger partial charge in [-0.05, 0) is 25.5 Å². The maximum absolute atomic E-state index is 13.1. The van der Waals surface area contributed by atoms with Crippen LogP contribution in [0.15, 0.2) is 30.5 Å². The molecule has 0 unspecified atom stereocenters. The summed E-state index contributed by atoms with van der Waals surface area (Å²) in [6, 6.07) is 6.67. The van der Waals surface area contributed by atoms with Crippen molar-refractivity contribution < 1.29 is 35.8 Å². The summed E-state index contributed by atoms with van der Waals surface area (Å²) in [7, 11) is 0. The minimum absolute atomic E-state index is 0.231. The maximum Gasteiger partial charge on any atom is 0.423 e. The Morgan fingerprint density at radius 2 is 1.76 bits per heavy atom. The van der Waals surface area contributed by atoms with E-state index in [-0.39, 0.29) is 12.5 Å². The molecule has 5 nitrogen and oxygen atoms in total. The molecule has 0 amide bonds. The Hall–Kier alpha value is -2.72. The lowest BCUT2D eigenvalue weighted by atomic mass is 10.2. The van der Waals surface area contributed by atoms with Gasteiger partial charge in [0.15, 0.2) is 6.61 Å². The summed E-state index contributed by atoms with van der Waals surface area (Å²) in [4.78, 5) is 8.73. The predicted molar refractivity (Wildman–Crippen MR) is 93.5 cm³/mol. The molecule has 0 aliphatic rings. The van der Waals surface area contributed by atoms with Crippen LogP contribution < -0.4 is 14.4 Å². The summed E-state index contributed by atoms with van der Waals surface area (Å²) >= 11 is 0. The summed E-state index contributed by atoms with van der Waals surface area (Å²) in [5, 5.41) is 0. The first-order chi connectivity index (χ1) is 13.5. The van der Waals surface area contributed by atoms with Crippen LogP contribution in [0.4, 0.5) is 38.0 Å². The third kappa shape index (κ3) is 6.40. The van der Waals surface area contributed by atoms with E-state index in [0.717, 1.165) is 6.42 Å². The summed E-state index contributed by atoms with van der Waals surface area (Å²) in [5.74, 6) is -0.884. The van der Waals surface area contributed by atoms with E-state index in [2.05, 4.69) is 14.7 Å². The van der Waals surface area contributed by atoms with Crippen LogP contribution in [0.5, 0.6) is 11.6 Å². The molecule has 0 saturated carbocycles. The molecule has 0 fully saturated rings. The monoisotopic (exact) mass is 423 g/mol. The number of hydrogen-bond donors (Lipinski definition) is 0. The fraction of sp³-hybridized carbons (Fsp3) is 0.444. The molecule has 1 aromatic heterocycles. The standard InChI is InChI=1S/C18H19F6N3O2/c1-3-8-28-13-7-5-6-12(9-13)27(4-2)16-25-10-14(18(22,23)24)15(26-16)29-11-17(19,20)21/h5-7,9-10H,3-4,8,11H2,1-2H3. The quantitative estimate of drug-likeness (QED) is 0.534. The second-order valence-corrected chi connectivity index (χ2v) is 5.88. The molecule has 29 heavy (non-hydrogen) atoms. The van der Waals surface area contributed by atoms with Crippen molar-refractivity contribution in [3.63, 3.8) is 0 Å². The topological polar surface area (TPSA) is 47.5 Å². The summed E-state index contributed by atoms with van der Waals surface area (Å²) in [5.41, 5.74) is -0.982. The van der Waals surface area contributed by atoms with Gasteiger partial charge in [-0.2, -0.15) is 31.3 Å². The van der Waals surface area contributed by atoms with Gasteiger partial charge >= 0.3 is 12.4 Å². The zero-order chi connectivity index (χ0) is 21.7. The fourth-order valence-corrected chi connectivity index (χ4v) is 2.34. The maximum atomic E-state index is 13.1. The number of benzene rings is 1. The molecule has 0 radical (unpaired) electrons. The van der Waals surface area contributed by atoms with E-state index in [1.165, 1.54) is 4.90 Å². The van der Waals surface area contributed by atoms with Crippen LogP contribution in [0.1, 0.15) is 25.8 Å². The first-order valence-electron chi connectivity index (χ1n) is 8.69. The molecule has 0 spiro atoms. The van der Waals surface area contributed by atoms with Crippen molar-refractivity contribution in [2.24, 2.45) is 0 Å². The lowest BCUT2D eigenvalue weighted by Gasteiger charge is -2.23. The number of alkyl halides is 6. The van der Waals surface area contributed by atoms with Gasteiger partial charge < -0.3 is 14.4 Å². The summed E-state index contributed by atoms with van der Waals surface area (Å²) in [6.45, 7) is 2.43. The summed E-state index contributed by atoms with van der Waals surface area (Å²) in [6.07, 6.45) is -8.59. The Kier molecular flexibility index (Phi) is 7.15. The van der Waals surface area contributed by atoms with Crippen LogP contribution in [0.2, 0.25) is 0 Å². The molecule has 0 atom stereocenters. The number of aromatic nitrogens is 2. The predicted octanol–water partition coefficient (Wildman–Crippen LogP) is 5.38. The van der Waals surface area contributed by atoms with Crippen molar-refractivity contribution in [3.8, 4) is 11.6 Å². The van der Waals surface area contributed by atoms with E-state index >= 15 is 0 Å². The van der Waals surface area contributed by atoms with Gasteiger partial charge in [-0.3, -0.25) is 0 Å². The minimum Gasteiger partial charge on any atom is -0.494 e. The van der Waals surface area contributed by atoms with E-state index < -0.39 is 30.4 Å². The van der Waals surface area contributed by atoms with E-state index in [1.807, 2.05) is 6.92 Å². The molecule has 2 rings (SSSR count). The van der Waals surface area contributed by atoms with Gasteiger partial charge in [0.1, 0.15) is 11.3 Å². The number of nitrogens with zero attached hydrogens (tertiary/aromatic N) is 3. The highest BCUT2D eigenvalue weighted by Crippen LogP contribution is 2.37. The molecule has 0 saturated heterocycles. The molecule has 0 bridgehead atoms. The zero-order valence-electron chi connectivity index (χ0n) is 15.6. The van der Waals surface area contributed by atoms with Gasteiger partial charge in [0.25, 0.3) is 0 Å². The Morgan fingerprint density at radius 3 is 2.34 bits per heavy atom. The SMILES string of the molecule is CCCOc1cccc(N(CC)c2ncc(C(F)(F)F)c(OCC(F)(F)F)n2)c1. The average molecular weight is 423 g/mol. The lowest BCUT2D eigenvalue weighted by molar-refractivity contribution is -0.159. The number of halogens is 6. The molecule has 0 N–H and O–H groups in total. The van der Waals surface area contributed by atoms with Gasteiger partial charge in [-0.1, -0.05) is 13.0 Å². The van der Waals surface area contributed by atoms with E-state index in [0.29, 0.717) is 24.2 Å².